The van der Waals surface area contributed by atoms with Gasteiger partial charge in [0.2, 0.25) is 0 Å². The van der Waals surface area contributed by atoms with Gasteiger partial charge in [0.25, 0.3) is 0 Å². The Hall–Kier alpha value is -0.510. The van der Waals surface area contributed by atoms with Crippen molar-refractivity contribution in [3.8, 4) is 11.1 Å². The average Bonchev–Trinajstić information content (AvgIpc) is 2.64. The highest BCUT2D eigenvalue weighted by Gasteiger charge is 2.23. The normalized spacial score (nSPS) is 12.4. The van der Waals surface area contributed by atoms with Crippen LogP contribution in [-0.2, 0) is 6.42 Å². The zero-order valence-electron chi connectivity index (χ0n) is 8.73. The molecule has 3 rings (SSSR count). The van der Waals surface area contributed by atoms with Gasteiger partial charge in [-0.05, 0) is 78.7 Å². The Morgan fingerprint density at radius 1 is 1.12 bits per heavy atom. The number of hydrogen-bond acceptors (Lipinski definition) is 1. The van der Waals surface area contributed by atoms with Crippen LogP contribution in [0.25, 0.3) is 11.1 Å². The van der Waals surface area contributed by atoms with Gasteiger partial charge in [0.1, 0.15) is 0 Å². The van der Waals surface area contributed by atoms with Crippen LogP contribution in [0.5, 0.6) is 0 Å². The predicted octanol–water partition coefficient (Wildman–Crippen LogP) is 5.02. The van der Waals surface area contributed by atoms with Gasteiger partial charge in [-0.25, -0.2) is 0 Å². The van der Waals surface area contributed by atoms with Crippen LogP contribution in [0, 0.1) is 0 Å². The third-order valence-corrected chi connectivity index (χ3v) is 4.88. The van der Waals surface area contributed by atoms with Crippen molar-refractivity contribution in [2.75, 3.05) is 5.73 Å². The van der Waals surface area contributed by atoms with Crippen LogP contribution >= 0.6 is 43.5 Å². The number of nitrogens with two attached hydrogens (primary N) is 1. The topological polar surface area (TPSA) is 26.0 Å². The van der Waals surface area contributed by atoms with Gasteiger partial charge in [-0.2, -0.15) is 0 Å². The quantitative estimate of drug-likeness (QED) is 0.550. The summed E-state index contributed by atoms with van der Waals surface area (Å²) in [6, 6.07) is 8.09. The molecule has 1 nitrogen and oxygen atoms in total. The maximum absolute atomic E-state index is 6.02. The predicted molar refractivity (Wildman–Crippen MR) is 79.5 cm³/mol. The summed E-state index contributed by atoms with van der Waals surface area (Å²) in [6.45, 7) is 0. The second-order valence-electron chi connectivity index (χ2n) is 4.09. The van der Waals surface area contributed by atoms with E-state index in [0.29, 0.717) is 0 Å². The van der Waals surface area contributed by atoms with Gasteiger partial charge in [0.15, 0.2) is 0 Å². The molecule has 2 N–H and O–H groups in total. The number of hydrogen-bond donors (Lipinski definition) is 1. The molecule has 0 atom stereocenters. The number of anilines is 1. The Balaban J connectivity index is 2.30. The molecule has 2 aromatic carbocycles. The minimum absolute atomic E-state index is 0.752. The molecule has 86 valence electrons. The molecule has 17 heavy (non-hydrogen) atoms. The SMILES string of the molecule is Nc1c(Br)cc2c(c1Br)Cc1cc(Cl)ccc1-2. The van der Waals surface area contributed by atoms with E-state index in [4.69, 9.17) is 17.3 Å². The van der Waals surface area contributed by atoms with Crippen LogP contribution in [0.4, 0.5) is 5.69 Å². The highest BCUT2D eigenvalue weighted by molar-refractivity contribution is 9.11. The standard InChI is InChI=1S/C13H8Br2ClN/c14-11-5-9-8-2-1-7(16)3-6(8)4-10(9)12(15)13(11)17/h1-3,5H,4,17H2. The van der Waals surface area contributed by atoms with E-state index in [-0.39, 0.29) is 0 Å². The van der Waals surface area contributed by atoms with Gasteiger partial charge in [-0.1, -0.05) is 17.7 Å². The largest absolute Gasteiger partial charge is 0.397 e. The summed E-state index contributed by atoms with van der Waals surface area (Å²) in [4.78, 5) is 0. The van der Waals surface area contributed by atoms with Crippen molar-refractivity contribution in [2.45, 2.75) is 6.42 Å². The lowest BCUT2D eigenvalue weighted by Gasteiger charge is -2.08. The van der Waals surface area contributed by atoms with Crippen molar-refractivity contribution in [2.24, 2.45) is 0 Å². The first-order valence-electron chi connectivity index (χ1n) is 5.13. The zero-order chi connectivity index (χ0) is 12.2. The minimum Gasteiger partial charge on any atom is -0.397 e. The molecule has 0 bridgehead atoms. The summed E-state index contributed by atoms with van der Waals surface area (Å²) in [5.41, 5.74) is 11.7. The first-order valence-corrected chi connectivity index (χ1v) is 7.09. The molecule has 4 heteroatoms. The smallest absolute Gasteiger partial charge is 0.0606 e. The first kappa shape index (κ1) is 11.6. The molecular weight excluding hydrogens is 365 g/mol. The van der Waals surface area contributed by atoms with Crippen LogP contribution < -0.4 is 5.73 Å². The van der Waals surface area contributed by atoms with E-state index < -0.39 is 0 Å². The lowest BCUT2D eigenvalue weighted by atomic mass is 10.1. The molecule has 0 aromatic heterocycles. The fourth-order valence-corrected chi connectivity index (χ4v) is 3.71. The van der Waals surface area contributed by atoms with E-state index in [1.54, 1.807) is 0 Å². The van der Waals surface area contributed by atoms with Crippen LogP contribution in [0.3, 0.4) is 0 Å². The Morgan fingerprint density at radius 3 is 2.65 bits per heavy atom. The summed E-state index contributed by atoms with van der Waals surface area (Å²) < 4.78 is 1.90. The van der Waals surface area contributed by atoms with Crippen LogP contribution in [0.2, 0.25) is 5.02 Å². The van der Waals surface area contributed by atoms with E-state index in [0.717, 1.165) is 26.1 Å². The first-order chi connectivity index (χ1) is 8.08. The molecule has 1 aliphatic carbocycles. The molecule has 0 aliphatic heterocycles. The van der Waals surface area contributed by atoms with Crippen molar-refractivity contribution < 1.29 is 0 Å². The highest BCUT2D eigenvalue weighted by Crippen LogP contribution is 2.45. The van der Waals surface area contributed by atoms with Gasteiger partial charge >= 0.3 is 0 Å². The maximum Gasteiger partial charge on any atom is 0.0606 e. The van der Waals surface area contributed by atoms with E-state index in [2.05, 4.69) is 44.0 Å². The molecule has 0 spiro atoms. The second kappa shape index (κ2) is 4.01. The lowest BCUT2D eigenvalue weighted by Crippen LogP contribution is -1.93. The van der Waals surface area contributed by atoms with Gasteiger partial charge in [-0.3, -0.25) is 0 Å². The van der Waals surface area contributed by atoms with Crippen molar-refractivity contribution in [1.82, 2.24) is 0 Å². The van der Waals surface area contributed by atoms with Crippen molar-refractivity contribution in [1.29, 1.82) is 0 Å². The molecule has 0 unspecified atom stereocenters. The third-order valence-electron chi connectivity index (χ3n) is 3.08. The number of rotatable bonds is 0. The Morgan fingerprint density at radius 2 is 1.88 bits per heavy atom. The maximum atomic E-state index is 6.02. The Labute approximate surface area is 121 Å². The van der Waals surface area contributed by atoms with Crippen LogP contribution in [0.1, 0.15) is 11.1 Å². The highest BCUT2D eigenvalue weighted by atomic mass is 79.9. The van der Waals surface area contributed by atoms with Gasteiger partial charge in [0, 0.05) is 14.0 Å². The van der Waals surface area contributed by atoms with Crippen LogP contribution in [-0.4, -0.2) is 0 Å². The second-order valence-corrected chi connectivity index (χ2v) is 6.17. The summed E-state index contributed by atoms with van der Waals surface area (Å²) in [6.07, 6.45) is 0.878. The van der Waals surface area contributed by atoms with E-state index in [1.807, 2.05) is 12.1 Å². The average molecular weight is 373 g/mol. The number of halogens is 3. The van der Waals surface area contributed by atoms with Crippen molar-refractivity contribution >= 4 is 49.1 Å². The van der Waals surface area contributed by atoms with E-state index in [1.165, 1.54) is 22.3 Å². The molecule has 0 heterocycles. The van der Waals surface area contributed by atoms with Crippen molar-refractivity contribution in [3.05, 3.63) is 49.4 Å². The molecule has 0 saturated heterocycles. The van der Waals surface area contributed by atoms with Crippen LogP contribution in [0.15, 0.2) is 33.2 Å². The molecule has 0 radical (unpaired) electrons. The van der Waals surface area contributed by atoms with E-state index in [9.17, 15) is 0 Å². The third kappa shape index (κ3) is 1.72. The summed E-state index contributed by atoms with van der Waals surface area (Å²) in [5, 5.41) is 0.778. The molecule has 0 amide bonds. The number of fused-ring (bicyclic) bond motifs is 3. The lowest BCUT2D eigenvalue weighted by molar-refractivity contribution is 1.25. The summed E-state index contributed by atoms with van der Waals surface area (Å²) >= 11 is 13.1. The van der Waals surface area contributed by atoms with E-state index >= 15 is 0 Å². The monoisotopic (exact) mass is 371 g/mol. The molecular formula is C13H8Br2ClN. The molecule has 1 aliphatic rings. The molecule has 0 saturated carbocycles. The van der Waals surface area contributed by atoms with Gasteiger partial charge in [-0.15, -0.1) is 0 Å². The zero-order valence-corrected chi connectivity index (χ0v) is 12.7. The number of nitrogen functional groups attached to an aromatic ring is 1. The minimum atomic E-state index is 0.752. The fourth-order valence-electron chi connectivity index (χ4n) is 2.25. The fraction of sp³-hybridized carbons (Fsp3) is 0.0769. The molecule has 2 aromatic rings. The van der Waals surface area contributed by atoms with Gasteiger partial charge < -0.3 is 5.73 Å². The number of benzene rings is 2. The Kier molecular flexibility index (Phi) is 2.73. The molecule has 0 fully saturated rings. The summed E-state index contributed by atoms with van der Waals surface area (Å²) in [5.74, 6) is 0. The Bertz CT molecular complexity index is 638. The van der Waals surface area contributed by atoms with Gasteiger partial charge in [0.05, 0.1) is 5.69 Å². The van der Waals surface area contributed by atoms with Crippen molar-refractivity contribution in [3.63, 3.8) is 0 Å². The summed E-state index contributed by atoms with van der Waals surface area (Å²) in [7, 11) is 0.